The number of aromatic nitrogens is 1. The molecule has 2 N–H and O–H groups in total. The van der Waals surface area contributed by atoms with Gasteiger partial charge in [0, 0.05) is 24.0 Å². The van der Waals surface area contributed by atoms with Crippen LogP contribution in [0, 0.1) is 0 Å². The SMILES string of the molecule is CC(NC1CC1)c1ccc[nH]1. The van der Waals surface area contributed by atoms with Gasteiger partial charge in [0.05, 0.1) is 0 Å². The van der Waals surface area contributed by atoms with Crippen molar-refractivity contribution < 1.29 is 0 Å². The van der Waals surface area contributed by atoms with E-state index in [-0.39, 0.29) is 0 Å². The Balaban J connectivity index is 1.93. The molecule has 1 aliphatic rings. The van der Waals surface area contributed by atoms with Crippen molar-refractivity contribution in [3.05, 3.63) is 24.0 Å². The van der Waals surface area contributed by atoms with E-state index in [9.17, 15) is 0 Å². The van der Waals surface area contributed by atoms with Gasteiger partial charge in [-0.2, -0.15) is 0 Å². The van der Waals surface area contributed by atoms with E-state index < -0.39 is 0 Å². The molecule has 1 aromatic rings. The Bertz CT molecular complexity index is 211. The van der Waals surface area contributed by atoms with E-state index in [4.69, 9.17) is 0 Å². The molecule has 11 heavy (non-hydrogen) atoms. The van der Waals surface area contributed by atoms with Crippen LogP contribution >= 0.6 is 0 Å². The van der Waals surface area contributed by atoms with Gasteiger partial charge in [0.2, 0.25) is 0 Å². The van der Waals surface area contributed by atoms with Crippen molar-refractivity contribution in [1.29, 1.82) is 0 Å². The van der Waals surface area contributed by atoms with Crippen LogP contribution in [0.1, 0.15) is 31.5 Å². The normalized spacial score (nSPS) is 20.1. The number of nitrogens with one attached hydrogen (secondary N) is 2. The Labute approximate surface area is 67.0 Å². The highest BCUT2D eigenvalue weighted by Gasteiger charge is 2.23. The summed E-state index contributed by atoms with van der Waals surface area (Å²) >= 11 is 0. The van der Waals surface area contributed by atoms with E-state index in [1.807, 2.05) is 12.3 Å². The number of H-pyrrole nitrogens is 1. The first kappa shape index (κ1) is 6.92. The summed E-state index contributed by atoms with van der Waals surface area (Å²) in [4.78, 5) is 3.21. The largest absolute Gasteiger partial charge is 0.364 e. The van der Waals surface area contributed by atoms with E-state index in [0.29, 0.717) is 6.04 Å². The highest BCUT2D eigenvalue weighted by molar-refractivity contribution is 5.08. The first-order chi connectivity index (χ1) is 5.36. The summed E-state index contributed by atoms with van der Waals surface area (Å²) in [6, 6.07) is 5.44. The second-order valence-electron chi connectivity index (χ2n) is 3.29. The van der Waals surface area contributed by atoms with Crippen LogP contribution in [0.3, 0.4) is 0 Å². The summed E-state index contributed by atoms with van der Waals surface area (Å²) in [6.07, 6.45) is 4.68. The van der Waals surface area contributed by atoms with Gasteiger partial charge < -0.3 is 10.3 Å². The van der Waals surface area contributed by atoms with Gasteiger partial charge in [-0.15, -0.1) is 0 Å². The fourth-order valence-corrected chi connectivity index (χ4v) is 1.31. The number of hydrogen-bond acceptors (Lipinski definition) is 1. The Morgan fingerprint density at radius 3 is 3.00 bits per heavy atom. The van der Waals surface area contributed by atoms with Crippen molar-refractivity contribution in [3.63, 3.8) is 0 Å². The van der Waals surface area contributed by atoms with Crippen LogP contribution in [0.15, 0.2) is 18.3 Å². The molecule has 2 heteroatoms. The number of rotatable bonds is 3. The van der Waals surface area contributed by atoms with Crippen LogP contribution in [-0.4, -0.2) is 11.0 Å². The average molecular weight is 150 g/mol. The van der Waals surface area contributed by atoms with Crippen molar-refractivity contribution in [2.45, 2.75) is 31.8 Å². The summed E-state index contributed by atoms with van der Waals surface area (Å²) in [6.45, 7) is 2.20. The van der Waals surface area contributed by atoms with Gasteiger partial charge in [0.1, 0.15) is 0 Å². The monoisotopic (exact) mass is 150 g/mol. The second kappa shape index (κ2) is 2.70. The molecule has 0 amide bonds. The maximum atomic E-state index is 3.52. The molecule has 0 aromatic carbocycles. The molecule has 2 nitrogen and oxygen atoms in total. The molecule has 1 fully saturated rings. The molecule has 1 saturated carbocycles. The van der Waals surface area contributed by atoms with Crippen LogP contribution in [0.4, 0.5) is 0 Å². The van der Waals surface area contributed by atoms with Crippen molar-refractivity contribution in [3.8, 4) is 0 Å². The topological polar surface area (TPSA) is 27.8 Å². The van der Waals surface area contributed by atoms with E-state index in [1.165, 1.54) is 18.5 Å². The zero-order valence-electron chi connectivity index (χ0n) is 6.80. The Morgan fingerprint density at radius 1 is 1.64 bits per heavy atom. The molecule has 0 aliphatic heterocycles. The fourth-order valence-electron chi connectivity index (χ4n) is 1.31. The van der Waals surface area contributed by atoms with Gasteiger partial charge in [-0.05, 0) is 31.9 Å². The minimum absolute atomic E-state index is 0.484. The Hall–Kier alpha value is -0.760. The summed E-state index contributed by atoms with van der Waals surface area (Å²) in [5.41, 5.74) is 1.29. The molecule has 0 saturated heterocycles. The Kier molecular flexibility index (Phi) is 1.70. The Morgan fingerprint density at radius 2 is 2.45 bits per heavy atom. The van der Waals surface area contributed by atoms with Crippen LogP contribution in [0.5, 0.6) is 0 Å². The molecule has 1 atom stereocenters. The predicted octanol–water partition coefficient (Wildman–Crippen LogP) is 1.83. The van der Waals surface area contributed by atoms with Gasteiger partial charge in [-0.1, -0.05) is 0 Å². The molecule has 1 aliphatic carbocycles. The number of aromatic amines is 1. The lowest BCUT2D eigenvalue weighted by molar-refractivity contribution is 0.560. The van der Waals surface area contributed by atoms with E-state index in [2.05, 4.69) is 23.3 Å². The zero-order chi connectivity index (χ0) is 7.68. The third kappa shape index (κ3) is 1.63. The highest BCUT2D eigenvalue weighted by atomic mass is 15.0. The third-order valence-corrected chi connectivity index (χ3v) is 2.15. The van der Waals surface area contributed by atoms with Gasteiger partial charge in [0.15, 0.2) is 0 Å². The molecule has 0 spiro atoms. The van der Waals surface area contributed by atoms with Crippen LogP contribution in [0.2, 0.25) is 0 Å². The fraction of sp³-hybridized carbons (Fsp3) is 0.556. The number of hydrogen-bond donors (Lipinski definition) is 2. The minimum Gasteiger partial charge on any atom is -0.364 e. The molecule has 1 heterocycles. The third-order valence-electron chi connectivity index (χ3n) is 2.15. The van der Waals surface area contributed by atoms with Gasteiger partial charge in [-0.3, -0.25) is 0 Å². The maximum Gasteiger partial charge on any atom is 0.0446 e. The average Bonchev–Trinajstić information content (AvgIpc) is 2.67. The van der Waals surface area contributed by atoms with Crippen LogP contribution < -0.4 is 5.32 Å². The van der Waals surface area contributed by atoms with Crippen molar-refractivity contribution in [2.75, 3.05) is 0 Å². The molecular weight excluding hydrogens is 136 g/mol. The zero-order valence-corrected chi connectivity index (χ0v) is 6.80. The smallest absolute Gasteiger partial charge is 0.0446 e. The van der Waals surface area contributed by atoms with E-state index in [0.717, 1.165) is 6.04 Å². The molecular formula is C9H14N2. The summed E-state index contributed by atoms with van der Waals surface area (Å²) in [5, 5.41) is 3.52. The van der Waals surface area contributed by atoms with E-state index in [1.54, 1.807) is 0 Å². The lowest BCUT2D eigenvalue weighted by Gasteiger charge is -2.10. The standard InChI is InChI=1S/C9H14N2/c1-7(11-8-4-5-8)9-3-2-6-10-9/h2-3,6-8,10-11H,4-5H2,1H3. The molecule has 1 unspecified atom stereocenters. The second-order valence-corrected chi connectivity index (χ2v) is 3.29. The maximum absolute atomic E-state index is 3.52. The molecule has 60 valence electrons. The molecule has 2 rings (SSSR count). The highest BCUT2D eigenvalue weighted by Crippen LogP contribution is 2.22. The first-order valence-electron chi connectivity index (χ1n) is 4.25. The van der Waals surface area contributed by atoms with Gasteiger partial charge in [0.25, 0.3) is 0 Å². The van der Waals surface area contributed by atoms with Crippen molar-refractivity contribution in [1.82, 2.24) is 10.3 Å². The van der Waals surface area contributed by atoms with Crippen LogP contribution in [0.25, 0.3) is 0 Å². The summed E-state index contributed by atoms with van der Waals surface area (Å²) in [7, 11) is 0. The molecule has 0 radical (unpaired) electrons. The predicted molar refractivity (Wildman–Crippen MR) is 45.4 cm³/mol. The van der Waals surface area contributed by atoms with Gasteiger partial charge >= 0.3 is 0 Å². The van der Waals surface area contributed by atoms with Crippen molar-refractivity contribution >= 4 is 0 Å². The van der Waals surface area contributed by atoms with Crippen molar-refractivity contribution in [2.24, 2.45) is 0 Å². The minimum atomic E-state index is 0.484. The quantitative estimate of drug-likeness (QED) is 0.676. The summed E-state index contributed by atoms with van der Waals surface area (Å²) in [5.74, 6) is 0. The lowest BCUT2D eigenvalue weighted by atomic mass is 10.2. The van der Waals surface area contributed by atoms with E-state index >= 15 is 0 Å². The lowest BCUT2D eigenvalue weighted by Crippen LogP contribution is -2.20. The molecule has 1 aromatic heterocycles. The van der Waals surface area contributed by atoms with Crippen LogP contribution in [-0.2, 0) is 0 Å². The van der Waals surface area contributed by atoms with Gasteiger partial charge in [-0.25, -0.2) is 0 Å². The first-order valence-corrected chi connectivity index (χ1v) is 4.25. The molecule has 0 bridgehead atoms. The summed E-state index contributed by atoms with van der Waals surface area (Å²) < 4.78 is 0.